The molecular formula is C6H10ClNS. The molecule has 1 aromatic rings. The van der Waals surface area contributed by atoms with Gasteiger partial charge in [-0.3, -0.25) is 0 Å². The highest BCUT2D eigenvalue weighted by Gasteiger charge is 1.88. The van der Waals surface area contributed by atoms with Crippen molar-refractivity contribution in [2.75, 3.05) is 0 Å². The fraction of sp³-hybridized carbons (Fsp3) is 0.500. The molecule has 3 heteroatoms. The average Bonchev–Trinajstić information content (AvgIpc) is 2.20. The van der Waals surface area contributed by atoms with E-state index in [9.17, 15) is 0 Å². The second-order valence-corrected chi connectivity index (χ2v) is 2.68. The van der Waals surface area contributed by atoms with E-state index in [0.29, 0.717) is 4.47 Å². The molecule has 0 aromatic carbocycles. The van der Waals surface area contributed by atoms with Crippen LogP contribution in [-0.4, -0.2) is 4.98 Å². The van der Waals surface area contributed by atoms with E-state index in [1.807, 2.05) is 26.2 Å². The van der Waals surface area contributed by atoms with E-state index in [2.05, 4.69) is 4.98 Å². The second-order valence-electron chi connectivity index (χ2n) is 1.24. The van der Waals surface area contributed by atoms with Crippen molar-refractivity contribution in [3.63, 3.8) is 0 Å². The highest BCUT2D eigenvalue weighted by molar-refractivity contribution is 7.13. The molecule has 1 nitrogen and oxygen atoms in total. The molecule has 0 aliphatic rings. The van der Waals surface area contributed by atoms with Crippen molar-refractivity contribution in [1.82, 2.24) is 4.98 Å². The third kappa shape index (κ3) is 3.49. The van der Waals surface area contributed by atoms with Crippen molar-refractivity contribution in [3.05, 3.63) is 15.5 Å². The van der Waals surface area contributed by atoms with E-state index in [1.165, 1.54) is 11.3 Å². The highest BCUT2D eigenvalue weighted by Crippen LogP contribution is 2.13. The number of aromatic nitrogens is 1. The number of hydrogen-bond donors (Lipinski definition) is 0. The van der Waals surface area contributed by atoms with Gasteiger partial charge in [-0.1, -0.05) is 25.4 Å². The molecule has 0 aliphatic heterocycles. The Hall–Kier alpha value is -0.0800. The van der Waals surface area contributed by atoms with E-state index in [4.69, 9.17) is 11.6 Å². The lowest BCUT2D eigenvalue weighted by Crippen LogP contribution is -1.62. The highest BCUT2D eigenvalue weighted by atomic mass is 35.5. The minimum atomic E-state index is 0.623. The van der Waals surface area contributed by atoms with Crippen molar-refractivity contribution >= 4 is 22.9 Å². The molecule has 0 saturated carbocycles. The lowest BCUT2D eigenvalue weighted by molar-refractivity contribution is 1.27. The number of halogens is 1. The van der Waals surface area contributed by atoms with E-state index < -0.39 is 0 Å². The Morgan fingerprint density at radius 3 is 2.22 bits per heavy atom. The van der Waals surface area contributed by atoms with Crippen LogP contribution >= 0.6 is 22.9 Å². The maximum Gasteiger partial charge on any atom is 0.183 e. The zero-order valence-corrected chi connectivity index (χ0v) is 7.38. The maximum absolute atomic E-state index is 5.47. The lowest BCUT2D eigenvalue weighted by atomic mass is 10.6. The summed E-state index contributed by atoms with van der Waals surface area (Å²) in [4.78, 5) is 3.90. The predicted molar refractivity (Wildman–Crippen MR) is 43.2 cm³/mol. The van der Waals surface area contributed by atoms with E-state index in [1.54, 1.807) is 0 Å². The van der Waals surface area contributed by atoms with Crippen LogP contribution in [0.1, 0.15) is 19.5 Å². The van der Waals surface area contributed by atoms with Crippen LogP contribution in [0.4, 0.5) is 0 Å². The molecule has 1 heterocycles. The molecule has 0 N–H and O–H groups in total. The van der Waals surface area contributed by atoms with Gasteiger partial charge in [0, 0.05) is 11.1 Å². The normalized spacial score (nSPS) is 8.00. The topological polar surface area (TPSA) is 12.9 Å². The first-order valence-electron chi connectivity index (χ1n) is 2.86. The summed E-state index contributed by atoms with van der Waals surface area (Å²) in [6.45, 7) is 5.92. The fourth-order valence-electron chi connectivity index (χ4n) is 0.325. The largest absolute Gasteiger partial charge is 0.230 e. The van der Waals surface area contributed by atoms with Crippen LogP contribution in [-0.2, 0) is 0 Å². The van der Waals surface area contributed by atoms with E-state index in [0.717, 1.165) is 5.69 Å². The molecule has 0 radical (unpaired) electrons. The molecule has 0 atom stereocenters. The molecule has 0 amide bonds. The summed E-state index contributed by atoms with van der Waals surface area (Å²) in [5.74, 6) is 0. The van der Waals surface area contributed by atoms with Gasteiger partial charge >= 0.3 is 0 Å². The Morgan fingerprint density at radius 2 is 2.11 bits per heavy atom. The number of rotatable bonds is 0. The van der Waals surface area contributed by atoms with Crippen LogP contribution in [0, 0.1) is 6.92 Å². The predicted octanol–water partition coefficient (Wildman–Crippen LogP) is 3.13. The van der Waals surface area contributed by atoms with Gasteiger partial charge in [-0.15, -0.1) is 11.3 Å². The number of nitrogens with zero attached hydrogens (tertiary/aromatic N) is 1. The summed E-state index contributed by atoms with van der Waals surface area (Å²) < 4.78 is 0.623. The minimum absolute atomic E-state index is 0.623. The summed E-state index contributed by atoms with van der Waals surface area (Å²) in [7, 11) is 0. The molecule has 0 fully saturated rings. The number of thiazole rings is 1. The molecule has 0 bridgehead atoms. The Bertz CT molecular complexity index is 145. The molecule has 1 aromatic heterocycles. The summed E-state index contributed by atoms with van der Waals surface area (Å²) >= 11 is 6.93. The van der Waals surface area contributed by atoms with Gasteiger partial charge in [0.15, 0.2) is 4.47 Å². The van der Waals surface area contributed by atoms with E-state index in [-0.39, 0.29) is 0 Å². The molecule has 0 saturated heterocycles. The van der Waals surface area contributed by atoms with Crippen LogP contribution in [0.2, 0.25) is 4.47 Å². The molecular weight excluding hydrogens is 154 g/mol. The van der Waals surface area contributed by atoms with Crippen molar-refractivity contribution < 1.29 is 0 Å². The van der Waals surface area contributed by atoms with Gasteiger partial charge in [0.05, 0.1) is 0 Å². The van der Waals surface area contributed by atoms with Gasteiger partial charge in [-0.05, 0) is 6.92 Å². The van der Waals surface area contributed by atoms with Crippen molar-refractivity contribution in [2.45, 2.75) is 20.8 Å². The smallest absolute Gasteiger partial charge is 0.183 e. The van der Waals surface area contributed by atoms with Crippen LogP contribution in [0.15, 0.2) is 5.38 Å². The number of hydrogen-bond acceptors (Lipinski definition) is 2. The summed E-state index contributed by atoms with van der Waals surface area (Å²) in [6.07, 6.45) is 0. The first kappa shape index (κ1) is 8.92. The zero-order chi connectivity index (χ0) is 7.28. The SMILES string of the molecule is CC.Cc1csc(Cl)n1. The quantitative estimate of drug-likeness (QED) is 0.573. The molecule has 1 rings (SSSR count). The lowest BCUT2D eigenvalue weighted by Gasteiger charge is -1.68. The fourth-order valence-corrected chi connectivity index (χ4v) is 1.11. The summed E-state index contributed by atoms with van der Waals surface area (Å²) in [5.41, 5.74) is 0.995. The molecule has 9 heavy (non-hydrogen) atoms. The Morgan fingerprint density at radius 1 is 1.56 bits per heavy atom. The standard InChI is InChI=1S/C4H4ClNS.C2H6/c1-3-2-7-4(5)6-3;1-2/h2H,1H3;1-2H3. The zero-order valence-electron chi connectivity index (χ0n) is 5.81. The Kier molecular flexibility index (Phi) is 4.72. The third-order valence-electron chi connectivity index (χ3n) is 0.591. The average molecular weight is 164 g/mol. The van der Waals surface area contributed by atoms with Crippen molar-refractivity contribution in [1.29, 1.82) is 0 Å². The van der Waals surface area contributed by atoms with Gasteiger partial charge in [0.2, 0.25) is 0 Å². The van der Waals surface area contributed by atoms with Gasteiger partial charge in [0.25, 0.3) is 0 Å². The van der Waals surface area contributed by atoms with Crippen LogP contribution in [0.5, 0.6) is 0 Å². The van der Waals surface area contributed by atoms with Crippen molar-refractivity contribution in [3.8, 4) is 0 Å². The third-order valence-corrected chi connectivity index (χ3v) is 1.69. The Balaban J connectivity index is 0.000000291. The molecule has 52 valence electrons. The summed E-state index contributed by atoms with van der Waals surface area (Å²) in [6, 6.07) is 0. The van der Waals surface area contributed by atoms with Crippen LogP contribution in [0.3, 0.4) is 0 Å². The van der Waals surface area contributed by atoms with E-state index >= 15 is 0 Å². The van der Waals surface area contributed by atoms with Gasteiger partial charge < -0.3 is 0 Å². The second kappa shape index (κ2) is 4.77. The molecule has 0 unspecified atom stereocenters. The summed E-state index contributed by atoms with van der Waals surface area (Å²) in [5, 5.41) is 1.92. The van der Waals surface area contributed by atoms with Gasteiger partial charge in [-0.25, -0.2) is 4.98 Å². The Labute approximate surface area is 64.7 Å². The van der Waals surface area contributed by atoms with Gasteiger partial charge in [0.1, 0.15) is 0 Å². The van der Waals surface area contributed by atoms with Crippen molar-refractivity contribution in [2.24, 2.45) is 0 Å². The van der Waals surface area contributed by atoms with Crippen LogP contribution < -0.4 is 0 Å². The first-order chi connectivity index (χ1) is 4.29. The minimum Gasteiger partial charge on any atom is -0.230 e. The monoisotopic (exact) mass is 163 g/mol. The first-order valence-corrected chi connectivity index (χ1v) is 4.12. The van der Waals surface area contributed by atoms with Crippen LogP contribution in [0.25, 0.3) is 0 Å². The maximum atomic E-state index is 5.47. The molecule has 0 spiro atoms. The number of aryl methyl sites for hydroxylation is 1. The van der Waals surface area contributed by atoms with Gasteiger partial charge in [-0.2, -0.15) is 0 Å². The molecule has 0 aliphatic carbocycles.